The Kier molecular flexibility index (Phi) is 4.91. The molecule has 130 valence electrons. The van der Waals surface area contributed by atoms with Gasteiger partial charge >= 0.3 is 0 Å². The number of rotatable bonds is 5. The number of H-pyrrole nitrogens is 1. The zero-order valence-corrected chi connectivity index (χ0v) is 14.5. The van der Waals surface area contributed by atoms with Gasteiger partial charge in [-0.1, -0.05) is 12.1 Å². The minimum atomic E-state index is -0.345. The molecule has 3 aromatic rings. The van der Waals surface area contributed by atoms with Crippen molar-refractivity contribution in [2.75, 3.05) is 0 Å². The van der Waals surface area contributed by atoms with Crippen LogP contribution in [0.5, 0.6) is 0 Å². The first kappa shape index (κ1) is 17.2. The van der Waals surface area contributed by atoms with Crippen molar-refractivity contribution in [3.63, 3.8) is 0 Å². The number of carbonyl (C=O) groups is 1. The van der Waals surface area contributed by atoms with Crippen molar-refractivity contribution in [3.8, 4) is 21.1 Å². The van der Waals surface area contributed by atoms with E-state index in [0.717, 1.165) is 0 Å². The van der Waals surface area contributed by atoms with Gasteiger partial charge in [0.15, 0.2) is 0 Å². The summed E-state index contributed by atoms with van der Waals surface area (Å²) in [5.74, 6) is -0.219. The highest BCUT2D eigenvalue weighted by atomic mass is 32.1. The molecule has 0 spiro atoms. The van der Waals surface area contributed by atoms with Crippen molar-refractivity contribution in [3.05, 3.63) is 47.8 Å². The van der Waals surface area contributed by atoms with Gasteiger partial charge in [-0.2, -0.15) is 0 Å². The molecule has 0 aliphatic rings. The number of aromatic amines is 1. The van der Waals surface area contributed by atoms with Gasteiger partial charge in [-0.25, -0.2) is 14.4 Å². The maximum absolute atomic E-state index is 13.2. The van der Waals surface area contributed by atoms with Crippen molar-refractivity contribution in [1.29, 1.82) is 0 Å². The minimum Gasteiger partial charge on any atom is -0.388 e. The topological polar surface area (TPSA) is 90.9 Å². The fourth-order valence-electron chi connectivity index (χ4n) is 2.27. The molecule has 2 aromatic heterocycles. The van der Waals surface area contributed by atoms with Crippen LogP contribution in [-0.4, -0.2) is 32.0 Å². The van der Waals surface area contributed by atoms with Crippen LogP contribution in [0.25, 0.3) is 21.1 Å². The number of carbonyl (C=O) groups excluding carboxylic acids is 1. The molecule has 3 N–H and O–H groups in total. The van der Waals surface area contributed by atoms with Crippen LogP contribution in [0.2, 0.25) is 0 Å². The third kappa shape index (κ3) is 3.75. The lowest BCUT2D eigenvalue weighted by Crippen LogP contribution is -2.30. The zero-order valence-electron chi connectivity index (χ0n) is 13.7. The van der Waals surface area contributed by atoms with Crippen LogP contribution in [0.4, 0.5) is 4.39 Å². The molecule has 0 saturated carbocycles. The number of amides is 1. The Labute approximate surface area is 147 Å². The molecular formula is C17H17FN4O2S. The lowest BCUT2D eigenvalue weighted by molar-refractivity contribution is 0.0939. The van der Waals surface area contributed by atoms with Gasteiger partial charge in [-0.15, -0.1) is 11.3 Å². The lowest BCUT2D eigenvalue weighted by atomic mass is 10.1. The number of thiazole rings is 1. The number of nitrogens with zero attached hydrogens (tertiary/aromatic N) is 2. The molecule has 1 amide bonds. The van der Waals surface area contributed by atoms with Gasteiger partial charge in [-0.3, -0.25) is 4.79 Å². The fourth-order valence-corrected chi connectivity index (χ4v) is 3.30. The first-order chi connectivity index (χ1) is 12.0. The van der Waals surface area contributed by atoms with Gasteiger partial charge in [0.2, 0.25) is 0 Å². The maximum Gasteiger partial charge on any atom is 0.271 e. The van der Waals surface area contributed by atoms with E-state index in [-0.39, 0.29) is 30.1 Å². The van der Waals surface area contributed by atoms with Crippen LogP contribution < -0.4 is 5.32 Å². The highest BCUT2D eigenvalue weighted by Gasteiger charge is 2.21. The quantitative estimate of drug-likeness (QED) is 0.652. The number of hydrogen-bond donors (Lipinski definition) is 3. The van der Waals surface area contributed by atoms with Crippen molar-refractivity contribution in [2.45, 2.75) is 26.5 Å². The molecule has 0 bridgehead atoms. The van der Waals surface area contributed by atoms with E-state index in [4.69, 9.17) is 5.11 Å². The molecule has 0 radical (unpaired) electrons. The fraction of sp³-hybridized carbons (Fsp3) is 0.235. The normalized spacial score (nSPS) is 11.1. The highest BCUT2D eigenvalue weighted by Crippen LogP contribution is 2.35. The zero-order chi connectivity index (χ0) is 18.0. The molecule has 2 heterocycles. The van der Waals surface area contributed by atoms with Crippen LogP contribution in [0, 0.1) is 5.82 Å². The third-order valence-corrected chi connectivity index (χ3v) is 4.51. The molecule has 6 nitrogen and oxygen atoms in total. The third-order valence-electron chi connectivity index (χ3n) is 3.38. The average molecular weight is 360 g/mol. The van der Waals surface area contributed by atoms with Gasteiger partial charge in [0.1, 0.15) is 29.0 Å². The van der Waals surface area contributed by atoms with E-state index < -0.39 is 0 Å². The number of halogens is 1. The molecule has 0 unspecified atom stereocenters. The summed E-state index contributed by atoms with van der Waals surface area (Å²) in [7, 11) is 0. The number of aliphatic hydroxyl groups excluding tert-OH is 1. The molecule has 0 fully saturated rings. The van der Waals surface area contributed by atoms with Crippen LogP contribution in [0.3, 0.4) is 0 Å². The van der Waals surface area contributed by atoms with Gasteiger partial charge in [0.05, 0.1) is 16.8 Å². The highest BCUT2D eigenvalue weighted by molar-refractivity contribution is 7.18. The molecule has 0 aliphatic carbocycles. The second-order valence-electron chi connectivity index (χ2n) is 5.73. The van der Waals surface area contributed by atoms with E-state index in [1.54, 1.807) is 18.3 Å². The van der Waals surface area contributed by atoms with Crippen LogP contribution in [-0.2, 0) is 6.61 Å². The molecule has 1 aromatic carbocycles. The van der Waals surface area contributed by atoms with E-state index in [2.05, 4.69) is 20.3 Å². The largest absolute Gasteiger partial charge is 0.388 e. The number of benzene rings is 1. The van der Waals surface area contributed by atoms with E-state index in [1.807, 2.05) is 13.8 Å². The molecule has 0 saturated heterocycles. The summed E-state index contributed by atoms with van der Waals surface area (Å²) in [6, 6.07) is 5.89. The van der Waals surface area contributed by atoms with Gasteiger partial charge in [-0.05, 0) is 31.5 Å². The smallest absolute Gasteiger partial charge is 0.271 e. The lowest BCUT2D eigenvalue weighted by Gasteiger charge is -2.07. The van der Waals surface area contributed by atoms with Crippen LogP contribution in [0.1, 0.15) is 30.2 Å². The number of imidazole rings is 1. The minimum absolute atomic E-state index is 0.0353. The van der Waals surface area contributed by atoms with Crippen molar-refractivity contribution in [2.24, 2.45) is 0 Å². The Morgan fingerprint density at radius 1 is 1.36 bits per heavy atom. The second-order valence-corrected chi connectivity index (χ2v) is 6.73. The standard InChI is InChI=1S/C17H17FN4O2S/c1-9(2)20-16(24)14-15(10-3-5-11(18)6-4-10)25-17(22-14)12-7-19-13(8-23)21-12/h3-7,9,23H,8H2,1-2H3,(H,19,21)(H,20,24). The summed E-state index contributed by atoms with van der Waals surface area (Å²) < 4.78 is 13.2. The summed E-state index contributed by atoms with van der Waals surface area (Å²) in [5, 5.41) is 12.5. The predicted molar refractivity (Wildman–Crippen MR) is 93.6 cm³/mol. The Morgan fingerprint density at radius 2 is 2.08 bits per heavy atom. The molecule has 0 atom stereocenters. The van der Waals surface area contributed by atoms with E-state index in [0.29, 0.717) is 27.0 Å². The molecule has 8 heteroatoms. The second kappa shape index (κ2) is 7.12. The summed E-state index contributed by atoms with van der Waals surface area (Å²) in [5.41, 5.74) is 1.60. The van der Waals surface area contributed by atoms with Crippen molar-refractivity contribution >= 4 is 17.2 Å². The Balaban J connectivity index is 2.07. The van der Waals surface area contributed by atoms with Crippen LogP contribution in [0.15, 0.2) is 30.5 Å². The SMILES string of the molecule is CC(C)NC(=O)c1nc(-c2cnc(CO)[nH]2)sc1-c1ccc(F)cc1. The first-order valence-electron chi connectivity index (χ1n) is 7.70. The van der Waals surface area contributed by atoms with E-state index in [9.17, 15) is 9.18 Å². The van der Waals surface area contributed by atoms with Crippen LogP contribution >= 0.6 is 11.3 Å². The average Bonchev–Trinajstić information content (AvgIpc) is 3.21. The Hall–Kier alpha value is -2.58. The predicted octanol–water partition coefficient (Wildman–Crippen LogP) is 2.97. The van der Waals surface area contributed by atoms with Gasteiger partial charge < -0.3 is 15.4 Å². The maximum atomic E-state index is 13.2. The number of nitrogens with one attached hydrogen (secondary N) is 2. The molecule has 0 aliphatic heterocycles. The number of hydrogen-bond acceptors (Lipinski definition) is 5. The molecular weight excluding hydrogens is 343 g/mol. The van der Waals surface area contributed by atoms with Crippen molar-refractivity contribution in [1.82, 2.24) is 20.3 Å². The van der Waals surface area contributed by atoms with Crippen molar-refractivity contribution < 1.29 is 14.3 Å². The number of aromatic nitrogens is 3. The first-order valence-corrected chi connectivity index (χ1v) is 8.52. The number of aliphatic hydroxyl groups is 1. The summed E-state index contributed by atoms with van der Waals surface area (Å²) in [4.78, 5) is 24.6. The van der Waals surface area contributed by atoms with E-state index >= 15 is 0 Å². The Bertz CT molecular complexity index is 886. The van der Waals surface area contributed by atoms with Gasteiger partial charge in [0, 0.05) is 6.04 Å². The Morgan fingerprint density at radius 3 is 2.68 bits per heavy atom. The van der Waals surface area contributed by atoms with E-state index in [1.165, 1.54) is 23.5 Å². The monoisotopic (exact) mass is 360 g/mol. The molecule has 25 heavy (non-hydrogen) atoms. The summed E-state index contributed by atoms with van der Waals surface area (Å²) in [6.07, 6.45) is 1.56. The summed E-state index contributed by atoms with van der Waals surface area (Å²) >= 11 is 1.30. The molecule has 3 rings (SSSR count). The van der Waals surface area contributed by atoms with Gasteiger partial charge in [0.25, 0.3) is 5.91 Å². The summed E-state index contributed by atoms with van der Waals surface area (Å²) in [6.45, 7) is 3.52.